The molecule has 0 spiro atoms. The van der Waals surface area contributed by atoms with Gasteiger partial charge in [0, 0.05) is 19.2 Å². The van der Waals surface area contributed by atoms with E-state index in [-0.39, 0.29) is 23.8 Å². The number of hydrogen-bond donors (Lipinski definition) is 3. The van der Waals surface area contributed by atoms with Gasteiger partial charge < -0.3 is 16.0 Å². The second kappa shape index (κ2) is 8.19. The quantitative estimate of drug-likeness (QED) is 0.731. The summed E-state index contributed by atoms with van der Waals surface area (Å²) in [5.74, 6) is -3.64. The number of anilines is 2. The molecule has 0 aliphatic rings. The van der Waals surface area contributed by atoms with Crippen LogP contribution in [0, 0.1) is 18.6 Å². The monoisotopic (exact) mass is 361 g/mol. The van der Waals surface area contributed by atoms with Crippen LogP contribution in [-0.4, -0.2) is 17.7 Å². The second-order valence-electron chi connectivity index (χ2n) is 5.60. The zero-order valence-corrected chi connectivity index (χ0v) is 14.2. The lowest BCUT2D eigenvalue weighted by atomic mass is 10.1. The summed E-state index contributed by atoms with van der Waals surface area (Å²) in [6.07, 6.45) is 0. The topological polar surface area (TPSA) is 87.3 Å². The first kappa shape index (κ1) is 19.0. The van der Waals surface area contributed by atoms with Gasteiger partial charge in [0.05, 0.1) is 5.69 Å². The predicted molar refractivity (Wildman–Crippen MR) is 92.3 cm³/mol. The molecule has 2 rings (SSSR count). The highest BCUT2D eigenvalue weighted by Gasteiger charge is 2.16. The maximum absolute atomic E-state index is 13.8. The largest absolute Gasteiger partial charge is 0.344 e. The van der Waals surface area contributed by atoms with Crippen LogP contribution in [0.5, 0.6) is 0 Å². The number of halogens is 2. The van der Waals surface area contributed by atoms with Crippen LogP contribution in [-0.2, 0) is 20.9 Å². The minimum absolute atomic E-state index is 0.0577. The van der Waals surface area contributed by atoms with Crippen molar-refractivity contribution >= 4 is 29.1 Å². The highest BCUT2D eigenvalue weighted by atomic mass is 19.1. The maximum atomic E-state index is 13.8. The normalized spacial score (nSPS) is 10.2. The number of amides is 3. The van der Waals surface area contributed by atoms with E-state index in [1.165, 1.54) is 25.1 Å². The average Bonchev–Trinajstić information content (AvgIpc) is 2.58. The van der Waals surface area contributed by atoms with Gasteiger partial charge in [0.1, 0.15) is 11.6 Å². The number of rotatable bonds is 4. The minimum Gasteiger partial charge on any atom is -0.344 e. The van der Waals surface area contributed by atoms with Crippen molar-refractivity contribution in [3.63, 3.8) is 0 Å². The summed E-state index contributed by atoms with van der Waals surface area (Å²) in [6, 6.07) is 7.99. The molecule has 8 heteroatoms. The first-order valence-corrected chi connectivity index (χ1v) is 7.67. The van der Waals surface area contributed by atoms with Crippen LogP contribution in [0.1, 0.15) is 18.1 Å². The van der Waals surface area contributed by atoms with Gasteiger partial charge in [-0.25, -0.2) is 8.78 Å². The van der Waals surface area contributed by atoms with E-state index in [9.17, 15) is 23.2 Å². The van der Waals surface area contributed by atoms with Crippen LogP contribution >= 0.6 is 0 Å². The van der Waals surface area contributed by atoms with Gasteiger partial charge in [-0.05, 0) is 42.3 Å². The van der Waals surface area contributed by atoms with E-state index >= 15 is 0 Å². The Labute approximate surface area is 148 Å². The molecule has 26 heavy (non-hydrogen) atoms. The van der Waals surface area contributed by atoms with Gasteiger partial charge in [-0.1, -0.05) is 12.1 Å². The Morgan fingerprint density at radius 3 is 2.31 bits per heavy atom. The Hall–Kier alpha value is -3.29. The van der Waals surface area contributed by atoms with E-state index in [2.05, 4.69) is 16.0 Å². The van der Waals surface area contributed by atoms with Crippen molar-refractivity contribution in [1.82, 2.24) is 5.32 Å². The Morgan fingerprint density at radius 2 is 1.65 bits per heavy atom. The summed E-state index contributed by atoms with van der Waals surface area (Å²) < 4.78 is 27.2. The van der Waals surface area contributed by atoms with E-state index in [0.29, 0.717) is 11.1 Å². The van der Waals surface area contributed by atoms with Crippen molar-refractivity contribution in [2.75, 3.05) is 10.6 Å². The Balaban J connectivity index is 1.99. The Kier molecular flexibility index (Phi) is 6.00. The Bertz CT molecular complexity index is 869. The molecule has 0 radical (unpaired) electrons. The van der Waals surface area contributed by atoms with Crippen molar-refractivity contribution in [1.29, 1.82) is 0 Å². The molecule has 3 N–H and O–H groups in total. The summed E-state index contributed by atoms with van der Waals surface area (Å²) in [4.78, 5) is 34.7. The van der Waals surface area contributed by atoms with Crippen molar-refractivity contribution in [3.8, 4) is 0 Å². The summed E-state index contributed by atoms with van der Waals surface area (Å²) >= 11 is 0. The van der Waals surface area contributed by atoms with E-state index in [1.54, 1.807) is 19.1 Å². The van der Waals surface area contributed by atoms with Gasteiger partial charge in [-0.2, -0.15) is 0 Å². The molecule has 0 bridgehead atoms. The summed E-state index contributed by atoms with van der Waals surface area (Å²) in [6.45, 7) is 2.83. The molecule has 136 valence electrons. The molecular weight excluding hydrogens is 344 g/mol. The average molecular weight is 361 g/mol. The lowest BCUT2D eigenvalue weighted by Gasteiger charge is -2.10. The first-order chi connectivity index (χ1) is 12.3. The molecule has 2 aromatic carbocycles. The maximum Gasteiger partial charge on any atom is 0.313 e. The number of hydrogen-bond acceptors (Lipinski definition) is 3. The van der Waals surface area contributed by atoms with Gasteiger partial charge in [-0.3, -0.25) is 14.4 Å². The highest BCUT2D eigenvalue weighted by Crippen LogP contribution is 2.19. The molecule has 3 amide bonds. The van der Waals surface area contributed by atoms with Crippen molar-refractivity contribution in [2.24, 2.45) is 0 Å². The molecule has 0 aromatic heterocycles. The van der Waals surface area contributed by atoms with Crippen LogP contribution in [0.3, 0.4) is 0 Å². The number of nitrogens with one attached hydrogen (secondary N) is 3. The molecular formula is C18H17F2N3O3. The van der Waals surface area contributed by atoms with E-state index < -0.39 is 23.4 Å². The third-order valence-corrected chi connectivity index (χ3v) is 3.43. The van der Waals surface area contributed by atoms with Gasteiger partial charge in [0.15, 0.2) is 0 Å². The number of carbonyl (C=O) groups is 3. The fourth-order valence-electron chi connectivity index (χ4n) is 2.09. The van der Waals surface area contributed by atoms with Crippen LogP contribution in [0.25, 0.3) is 0 Å². The van der Waals surface area contributed by atoms with Crippen molar-refractivity contribution in [3.05, 3.63) is 59.2 Å². The van der Waals surface area contributed by atoms with Crippen LogP contribution in [0.15, 0.2) is 36.4 Å². The van der Waals surface area contributed by atoms with Gasteiger partial charge in [-0.15, -0.1) is 0 Å². The second-order valence-corrected chi connectivity index (χ2v) is 5.60. The number of carbonyl (C=O) groups excluding carboxylic acids is 3. The summed E-state index contributed by atoms with van der Waals surface area (Å²) in [5.41, 5.74) is 0.961. The molecule has 0 saturated carbocycles. The van der Waals surface area contributed by atoms with E-state index in [4.69, 9.17) is 0 Å². The molecule has 0 aliphatic heterocycles. The third-order valence-electron chi connectivity index (χ3n) is 3.43. The Morgan fingerprint density at radius 1 is 0.923 bits per heavy atom. The number of benzene rings is 2. The lowest BCUT2D eigenvalue weighted by Crippen LogP contribution is -2.35. The molecule has 0 unspecified atom stereocenters. The molecule has 0 fully saturated rings. The molecule has 0 saturated heterocycles. The zero-order chi connectivity index (χ0) is 19.3. The van der Waals surface area contributed by atoms with E-state index in [0.717, 1.165) is 6.07 Å². The predicted octanol–water partition coefficient (Wildman–Crippen LogP) is 2.49. The fourth-order valence-corrected chi connectivity index (χ4v) is 2.09. The lowest BCUT2D eigenvalue weighted by molar-refractivity contribution is -0.136. The van der Waals surface area contributed by atoms with Crippen LogP contribution in [0.4, 0.5) is 20.2 Å². The molecule has 6 nitrogen and oxygen atoms in total. The fraction of sp³-hybridized carbons (Fsp3) is 0.167. The smallest absolute Gasteiger partial charge is 0.313 e. The van der Waals surface area contributed by atoms with Crippen LogP contribution < -0.4 is 16.0 Å². The summed E-state index contributed by atoms with van der Waals surface area (Å²) in [7, 11) is 0. The van der Waals surface area contributed by atoms with Gasteiger partial charge in [0.2, 0.25) is 5.91 Å². The van der Waals surface area contributed by atoms with E-state index in [1.807, 2.05) is 0 Å². The number of aryl methyl sites for hydroxylation is 1. The molecule has 0 heterocycles. The van der Waals surface area contributed by atoms with Gasteiger partial charge in [0.25, 0.3) is 0 Å². The summed E-state index contributed by atoms with van der Waals surface area (Å²) in [5, 5.41) is 6.89. The van der Waals surface area contributed by atoms with Crippen LogP contribution in [0.2, 0.25) is 0 Å². The van der Waals surface area contributed by atoms with Gasteiger partial charge >= 0.3 is 11.8 Å². The molecule has 2 aromatic rings. The molecule has 0 aliphatic carbocycles. The van der Waals surface area contributed by atoms with Crippen molar-refractivity contribution in [2.45, 2.75) is 20.4 Å². The van der Waals surface area contributed by atoms with Crippen molar-refractivity contribution < 1.29 is 23.2 Å². The SMILES string of the molecule is CC(=O)Nc1ccc(F)c(NC(=O)C(=O)NCc2ccc(C)c(F)c2)c1. The third kappa shape index (κ3) is 5.10. The minimum atomic E-state index is -1.09. The molecule has 0 atom stereocenters. The first-order valence-electron chi connectivity index (χ1n) is 7.67. The zero-order valence-electron chi connectivity index (χ0n) is 14.2. The standard InChI is InChI=1S/C18H17F2N3O3/c1-10-3-4-12(7-15(10)20)9-21-17(25)18(26)23-16-8-13(22-11(2)24)5-6-14(16)19/h3-8H,9H2,1-2H3,(H,21,25)(H,22,24)(H,23,26). The highest BCUT2D eigenvalue weighted by molar-refractivity contribution is 6.39.